The Labute approximate surface area is 111 Å². The number of carboxylic acids is 1. The molecule has 2 N–H and O–H groups in total. The first-order valence-electron chi connectivity index (χ1n) is 5.20. The molecule has 2 aromatic rings. The van der Waals surface area contributed by atoms with E-state index in [1.54, 1.807) is 6.92 Å². The SMILES string of the molecule is Cc1oc(C(=O)O)cc1Cn1cc(Cl)c(=O)[nH]c1=O. The van der Waals surface area contributed by atoms with Crippen LogP contribution in [0.4, 0.5) is 0 Å². The van der Waals surface area contributed by atoms with Gasteiger partial charge in [-0.1, -0.05) is 11.6 Å². The second-order valence-corrected chi connectivity index (χ2v) is 4.27. The average Bonchev–Trinajstić information content (AvgIpc) is 2.68. The van der Waals surface area contributed by atoms with Crippen LogP contribution < -0.4 is 11.2 Å². The fourth-order valence-corrected chi connectivity index (χ4v) is 1.73. The lowest BCUT2D eigenvalue weighted by Crippen LogP contribution is -2.30. The van der Waals surface area contributed by atoms with Gasteiger partial charge in [0.1, 0.15) is 10.8 Å². The third-order valence-corrected chi connectivity index (χ3v) is 2.81. The predicted molar refractivity (Wildman–Crippen MR) is 65.8 cm³/mol. The summed E-state index contributed by atoms with van der Waals surface area (Å²) < 4.78 is 6.18. The molecule has 2 aromatic heterocycles. The molecular formula is C11H9ClN2O5. The van der Waals surface area contributed by atoms with Gasteiger partial charge in [0.15, 0.2) is 0 Å². The van der Waals surface area contributed by atoms with Crippen LogP contribution >= 0.6 is 11.6 Å². The first-order chi connectivity index (χ1) is 8.88. The fraction of sp³-hybridized carbons (Fsp3) is 0.182. The smallest absolute Gasteiger partial charge is 0.371 e. The lowest BCUT2D eigenvalue weighted by molar-refractivity contribution is 0.0661. The fourth-order valence-electron chi connectivity index (χ4n) is 1.57. The van der Waals surface area contributed by atoms with Gasteiger partial charge in [0.2, 0.25) is 5.76 Å². The Morgan fingerprint density at radius 1 is 1.53 bits per heavy atom. The van der Waals surface area contributed by atoms with Crippen molar-refractivity contribution in [3.05, 3.63) is 55.2 Å². The minimum absolute atomic E-state index is 0.0535. The van der Waals surface area contributed by atoms with E-state index in [0.717, 1.165) is 4.57 Å². The van der Waals surface area contributed by atoms with Gasteiger partial charge in [-0.25, -0.2) is 9.59 Å². The van der Waals surface area contributed by atoms with Gasteiger partial charge >= 0.3 is 11.7 Å². The van der Waals surface area contributed by atoms with E-state index in [-0.39, 0.29) is 17.3 Å². The maximum Gasteiger partial charge on any atom is 0.371 e. The number of carboxylic acid groups (broad SMARTS) is 1. The van der Waals surface area contributed by atoms with Crippen LogP contribution in [0.3, 0.4) is 0 Å². The van der Waals surface area contributed by atoms with Crippen LogP contribution in [-0.4, -0.2) is 20.6 Å². The molecule has 7 nitrogen and oxygen atoms in total. The molecule has 19 heavy (non-hydrogen) atoms. The third-order valence-electron chi connectivity index (χ3n) is 2.54. The zero-order valence-corrected chi connectivity index (χ0v) is 10.5. The minimum atomic E-state index is -1.19. The monoisotopic (exact) mass is 284 g/mol. The zero-order chi connectivity index (χ0) is 14.2. The number of aromatic amines is 1. The average molecular weight is 285 g/mol. The summed E-state index contributed by atoms with van der Waals surface area (Å²) in [7, 11) is 0. The molecule has 0 fully saturated rings. The summed E-state index contributed by atoms with van der Waals surface area (Å²) in [6.45, 7) is 1.64. The molecule has 0 aliphatic carbocycles. The van der Waals surface area contributed by atoms with Crippen molar-refractivity contribution in [2.75, 3.05) is 0 Å². The highest BCUT2D eigenvalue weighted by molar-refractivity contribution is 6.30. The Morgan fingerprint density at radius 3 is 2.79 bits per heavy atom. The van der Waals surface area contributed by atoms with E-state index in [1.165, 1.54) is 12.3 Å². The summed E-state index contributed by atoms with van der Waals surface area (Å²) in [4.78, 5) is 35.5. The highest BCUT2D eigenvalue weighted by Crippen LogP contribution is 2.15. The van der Waals surface area contributed by atoms with Crippen molar-refractivity contribution < 1.29 is 14.3 Å². The summed E-state index contributed by atoms with van der Waals surface area (Å²) in [6.07, 6.45) is 1.19. The molecule has 0 spiro atoms. The number of H-pyrrole nitrogens is 1. The molecule has 0 atom stereocenters. The quantitative estimate of drug-likeness (QED) is 0.869. The topological polar surface area (TPSA) is 105 Å². The van der Waals surface area contributed by atoms with E-state index in [0.29, 0.717) is 11.3 Å². The summed E-state index contributed by atoms with van der Waals surface area (Å²) in [5.74, 6) is -1.02. The van der Waals surface area contributed by atoms with Crippen molar-refractivity contribution in [3.63, 3.8) is 0 Å². The molecule has 8 heteroatoms. The van der Waals surface area contributed by atoms with Gasteiger partial charge in [0.05, 0.1) is 6.54 Å². The summed E-state index contributed by atoms with van der Waals surface area (Å²) in [6, 6.07) is 1.32. The van der Waals surface area contributed by atoms with Gasteiger partial charge in [-0.3, -0.25) is 14.3 Å². The second kappa shape index (κ2) is 4.77. The summed E-state index contributed by atoms with van der Waals surface area (Å²) in [5.41, 5.74) is -0.785. The molecule has 0 saturated carbocycles. The number of nitrogens with zero attached hydrogens (tertiary/aromatic N) is 1. The van der Waals surface area contributed by atoms with Crippen LogP contribution in [0.15, 0.2) is 26.3 Å². The maximum atomic E-state index is 11.6. The largest absolute Gasteiger partial charge is 0.475 e. The lowest BCUT2D eigenvalue weighted by atomic mass is 10.2. The predicted octanol–water partition coefficient (Wildman–Crippen LogP) is 0.838. The van der Waals surface area contributed by atoms with Crippen molar-refractivity contribution in [1.82, 2.24) is 9.55 Å². The van der Waals surface area contributed by atoms with Crippen LogP contribution in [0.1, 0.15) is 21.9 Å². The van der Waals surface area contributed by atoms with E-state index in [1.807, 2.05) is 4.98 Å². The summed E-state index contributed by atoms with van der Waals surface area (Å²) >= 11 is 5.63. The van der Waals surface area contributed by atoms with E-state index in [4.69, 9.17) is 21.1 Å². The normalized spacial score (nSPS) is 10.6. The Hall–Kier alpha value is -2.28. The van der Waals surface area contributed by atoms with Crippen molar-refractivity contribution >= 4 is 17.6 Å². The number of carbonyl (C=O) groups is 1. The van der Waals surface area contributed by atoms with Gasteiger partial charge in [-0.05, 0) is 13.0 Å². The Bertz CT molecular complexity index is 755. The van der Waals surface area contributed by atoms with Crippen LogP contribution in [0, 0.1) is 6.92 Å². The molecule has 0 saturated heterocycles. The lowest BCUT2D eigenvalue weighted by Gasteiger charge is -2.03. The first-order valence-corrected chi connectivity index (χ1v) is 5.58. The second-order valence-electron chi connectivity index (χ2n) is 3.86. The van der Waals surface area contributed by atoms with Gasteiger partial charge in [0, 0.05) is 11.8 Å². The van der Waals surface area contributed by atoms with Crippen LogP contribution in [0.5, 0.6) is 0 Å². The number of rotatable bonds is 3. The van der Waals surface area contributed by atoms with Gasteiger partial charge in [0.25, 0.3) is 5.56 Å². The number of aromatic carboxylic acids is 1. The van der Waals surface area contributed by atoms with Crippen molar-refractivity contribution in [1.29, 1.82) is 0 Å². The molecule has 0 aliphatic heterocycles. The Kier molecular flexibility index (Phi) is 3.30. The molecule has 2 rings (SSSR count). The van der Waals surface area contributed by atoms with E-state index in [9.17, 15) is 14.4 Å². The zero-order valence-electron chi connectivity index (χ0n) is 9.77. The first kappa shape index (κ1) is 13.2. The molecule has 2 heterocycles. The van der Waals surface area contributed by atoms with Crippen molar-refractivity contribution in [3.8, 4) is 0 Å². The number of halogens is 1. The van der Waals surface area contributed by atoms with E-state index in [2.05, 4.69) is 0 Å². The number of aryl methyl sites for hydroxylation is 1. The van der Waals surface area contributed by atoms with Gasteiger partial charge in [-0.15, -0.1) is 0 Å². The number of aromatic nitrogens is 2. The van der Waals surface area contributed by atoms with Crippen molar-refractivity contribution in [2.24, 2.45) is 0 Å². The Morgan fingerprint density at radius 2 is 2.21 bits per heavy atom. The maximum absolute atomic E-state index is 11.6. The highest BCUT2D eigenvalue weighted by atomic mass is 35.5. The van der Waals surface area contributed by atoms with Gasteiger partial charge < -0.3 is 9.52 Å². The molecule has 0 amide bonds. The number of furan rings is 1. The minimum Gasteiger partial charge on any atom is -0.475 e. The third kappa shape index (κ3) is 2.60. The molecular weight excluding hydrogens is 276 g/mol. The number of nitrogens with one attached hydrogen (secondary N) is 1. The summed E-state index contributed by atoms with van der Waals surface area (Å²) in [5, 5.41) is 8.67. The Balaban J connectivity index is 2.42. The standard InChI is InChI=1S/C11H9ClN2O5/c1-5-6(2-8(19-5)10(16)17)3-14-4-7(12)9(15)13-11(14)18/h2,4H,3H2,1H3,(H,16,17)(H,13,15,18). The molecule has 100 valence electrons. The van der Waals surface area contributed by atoms with Crippen LogP contribution in [0.25, 0.3) is 0 Å². The molecule has 0 unspecified atom stereocenters. The molecule has 0 radical (unpaired) electrons. The number of hydrogen-bond donors (Lipinski definition) is 2. The molecule has 0 aliphatic rings. The van der Waals surface area contributed by atoms with E-state index >= 15 is 0 Å². The van der Waals surface area contributed by atoms with Crippen LogP contribution in [0.2, 0.25) is 5.02 Å². The molecule has 0 aromatic carbocycles. The highest BCUT2D eigenvalue weighted by Gasteiger charge is 2.14. The number of hydrogen-bond acceptors (Lipinski definition) is 4. The van der Waals surface area contributed by atoms with Crippen LogP contribution in [-0.2, 0) is 6.54 Å². The van der Waals surface area contributed by atoms with E-state index < -0.39 is 17.2 Å². The van der Waals surface area contributed by atoms with Crippen molar-refractivity contribution in [2.45, 2.75) is 13.5 Å². The van der Waals surface area contributed by atoms with Gasteiger partial charge in [-0.2, -0.15) is 0 Å². The molecule has 0 bridgehead atoms.